The number of anilines is 1. The van der Waals surface area contributed by atoms with Gasteiger partial charge in [-0.15, -0.1) is 0 Å². The molecule has 0 unspecified atom stereocenters. The highest BCUT2D eigenvalue weighted by atomic mass is 16.5. The monoisotopic (exact) mass is 527 g/mol. The fourth-order valence-corrected chi connectivity index (χ4v) is 4.83. The summed E-state index contributed by atoms with van der Waals surface area (Å²) in [6.07, 6.45) is 8.78. The summed E-state index contributed by atoms with van der Waals surface area (Å²) in [6.45, 7) is 2.90. The van der Waals surface area contributed by atoms with Crippen molar-refractivity contribution in [2.45, 2.75) is 19.3 Å². The first-order valence-corrected chi connectivity index (χ1v) is 13.2. The lowest BCUT2D eigenvalue weighted by molar-refractivity contribution is 0.0735. The number of hydrogen-bond acceptors (Lipinski definition) is 6. The fourth-order valence-electron chi connectivity index (χ4n) is 4.83. The third-order valence-electron chi connectivity index (χ3n) is 6.89. The maximum atomic E-state index is 13.3. The van der Waals surface area contributed by atoms with Crippen LogP contribution in [0.5, 0.6) is 11.5 Å². The van der Waals surface area contributed by atoms with Crippen LogP contribution in [-0.4, -0.2) is 66.9 Å². The van der Waals surface area contributed by atoms with Crippen LogP contribution in [0.15, 0.2) is 66.8 Å². The van der Waals surface area contributed by atoms with Crippen LogP contribution in [0.4, 0.5) is 5.69 Å². The van der Waals surface area contributed by atoms with Gasteiger partial charge < -0.3 is 25.0 Å². The summed E-state index contributed by atoms with van der Waals surface area (Å²) in [6, 6.07) is 14.6. The van der Waals surface area contributed by atoms with Gasteiger partial charge in [-0.3, -0.25) is 9.59 Å². The molecule has 9 heteroatoms. The molecule has 0 bridgehead atoms. The van der Waals surface area contributed by atoms with Crippen molar-refractivity contribution >= 4 is 23.2 Å². The molecule has 5 rings (SSSR count). The molecule has 0 aliphatic carbocycles. The number of rotatable bonds is 6. The highest BCUT2D eigenvalue weighted by Gasteiger charge is 2.21. The molecule has 0 saturated carbocycles. The van der Waals surface area contributed by atoms with Gasteiger partial charge in [-0.05, 0) is 67.8 Å². The zero-order chi connectivity index (χ0) is 27.2. The normalized spacial score (nSPS) is 17.5. The van der Waals surface area contributed by atoms with Crippen molar-refractivity contribution in [2.24, 2.45) is 0 Å². The number of fused-ring (bicyclic) bond motifs is 1. The van der Waals surface area contributed by atoms with Crippen molar-refractivity contribution < 1.29 is 19.1 Å². The number of nitrogens with one attached hydrogen (secondary N) is 2. The summed E-state index contributed by atoms with van der Waals surface area (Å²) in [5, 5.41) is 10.9. The summed E-state index contributed by atoms with van der Waals surface area (Å²) in [5.41, 5.74) is 4.05. The molecule has 1 fully saturated rings. The second-order valence-electron chi connectivity index (χ2n) is 9.45. The Bertz CT molecular complexity index is 1420. The number of ether oxygens (including phenoxy) is 2. The van der Waals surface area contributed by atoms with Crippen molar-refractivity contribution in [3.63, 3.8) is 0 Å². The lowest BCUT2D eigenvalue weighted by atomic mass is 10.1. The van der Waals surface area contributed by atoms with Gasteiger partial charge in [0.2, 0.25) is 0 Å². The molecule has 3 heterocycles. The highest BCUT2D eigenvalue weighted by Crippen LogP contribution is 2.32. The lowest BCUT2D eigenvalue weighted by Crippen LogP contribution is -2.46. The zero-order valence-electron chi connectivity index (χ0n) is 22.3. The molecular formula is C30H33N5O4. The van der Waals surface area contributed by atoms with E-state index in [9.17, 15) is 9.59 Å². The lowest BCUT2D eigenvalue weighted by Gasteiger charge is -2.27. The molecule has 3 aromatic rings. The minimum absolute atomic E-state index is 0.0358. The first-order chi connectivity index (χ1) is 19.1. The standard InChI is InChI=1S/C30H33N5O4/c1-38-27-13-12-21(19-28(27)39-2)26-11-6-4-3-5-10-24-20-25(33-35(24)26)29(36)32-23-9-7-8-22(18-23)30(37)34-16-14-31-15-17-34/h4,6-9,11-13,18-20,31H,3,5,10,14-17H2,1-2H3,(H,32,36)/b6-4-,26-11-. The van der Waals surface area contributed by atoms with E-state index in [1.54, 1.807) is 38.5 Å². The molecular weight excluding hydrogens is 494 g/mol. The van der Waals surface area contributed by atoms with Crippen molar-refractivity contribution in [3.05, 3.63) is 89.3 Å². The average Bonchev–Trinajstić information content (AvgIpc) is 3.43. The van der Waals surface area contributed by atoms with Crippen molar-refractivity contribution in [1.29, 1.82) is 0 Å². The van der Waals surface area contributed by atoms with Crippen LogP contribution in [0.25, 0.3) is 5.70 Å². The molecule has 2 aliphatic rings. The molecule has 2 aliphatic heterocycles. The van der Waals surface area contributed by atoms with E-state index in [-0.39, 0.29) is 11.8 Å². The molecule has 2 amide bonds. The average molecular weight is 528 g/mol. The van der Waals surface area contributed by atoms with Crippen molar-refractivity contribution in [3.8, 4) is 11.5 Å². The van der Waals surface area contributed by atoms with E-state index in [1.165, 1.54) is 0 Å². The maximum Gasteiger partial charge on any atom is 0.276 e. The molecule has 1 saturated heterocycles. The summed E-state index contributed by atoms with van der Waals surface area (Å²) in [4.78, 5) is 28.1. The molecule has 0 atom stereocenters. The van der Waals surface area contributed by atoms with E-state index < -0.39 is 0 Å². The minimum atomic E-state index is -0.332. The van der Waals surface area contributed by atoms with Crippen LogP contribution in [0.3, 0.4) is 0 Å². The topological polar surface area (TPSA) is 97.7 Å². The first-order valence-electron chi connectivity index (χ1n) is 13.2. The van der Waals surface area contributed by atoms with Gasteiger partial charge in [0.25, 0.3) is 11.8 Å². The minimum Gasteiger partial charge on any atom is -0.493 e. The number of aryl methyl sites for hydroxylation is 1. The van der Waals surface area contributed by atoms with Crippen molar-refractivity contribution in [1.82, 2.24) is 20.0 Å². The summed E-state index contributed by atoms with van der Waals surface area (Å²) >= 11 is 0. The van der Waals surface area contributed by atoms with Crippen molar-refractivity contribution in [2.75, 3.05) is 45.7 Å². The number of nitrogens with zero attached hydrogens (tertiary/aromatic N) is 3. The van der Waals surface area contributed by atoms with Gasteiger partial charge in [0, 0.05) is 48.7 Å². The zero-order valence-corrected chi connectivity index (χ0v) is 22.3. The third-order valence-corrected chi connectivity index (χ3v) is 6.89. The van der Waals surface area contributed by atoms with E-state index in [1.807, 2.05) is 46.0 Å². The predicted molar refractivity (Wildman–Crippen MR) is 150 cm³/mol. The molecule has 39 heavy (non-hydrogen) atoms. The van der Waals surface area contributed by atoms with E-state index >= 15 is 0 Å². The number of aromatic nitrogens is 2. The number of amides is 2. The maximum absolute atomic E-state index is 13.3. The molecule has 1 aromatic heterocycles. The van der Waals surface area contributed by atoms with Gasteiger partial charge in [0.05, 0.1) is 19.9 Å². The van der Waals surface area contributed by atoms with E-state index in [4.69, 9.17) is 14.6 Å². The van der Waals surface area contributed by atoms with Crippen LogP contribution in [0.1, 0.15) is 44.9 Å². The quantitative estimate of drug-likeness (QED) is 0.503. The highest BCUT2D eigenvalue weighted by molar-refractivity contribution is 6.04. The largest absolute Gasteiger partial charge is 0.493 e. The van der Waals surface area contributed by atoms with Crippen LogP contribution in [0.2, 0.25) is 0 Å². The molecule has 2 aromatic carbocycles. The first kappa shape index (κ1) is 26.2. The van der Waals surface area contributed by atoms with E-state index in [2.05, 4.69) is 16.7 Å². The second kappa shape index (κ2) is 12.0. The smallest absolute Gasteiger partial charge is 0.276 e. The molecule has 0 radical (unpaired) electrons. The Morgan fingerprint density at radius 1 is 1.00 bits per heavy atom. The number of benzene rings is 2. The number of methoxy groups -OCH3 is 2. The van der Waals surface area contributed by atoms with Crippen LogP contribution >= 0.6 is 0 Å². The number of piperazine rings is 1. The van der Waals surface area contributed by atoms with Gasteiger partial charge in [-0.25, -0.2) is 4.68 Å². The number of allylic oxidation sites excluding steroid dienone is 3. The van der Waals surface area contributed by atoms with Gasteiger partial charge in [-0.2, -0.15) is 5.10 Å². The molecule has 202 valence electrons. The fraction of sp³-hybridized carbons (Fsp3) is 0.300. The van der Waals surface area contributed by atoms with Crippen LogP contribution < -0.4 is 20.1 Å². The van der Waals surface area contributed by atoms with Gasteiger partial charge >= 0.3 is 0 Å². The molecule has 0 spiro atoms. The second-order valence-corrected chi connectivity index (χ2v) is 9.45. The van der Waals surface area contributed by atoms with Crippen LogP contribution in [0, 0.1) is 0 Å². The summed E-state index contributed by atoms with van der Waals surface area (Å²) < 4.78 is 12.7. The number of carbonyl (C=O) groups excluding carboxylic acids is 2. The number of hydrogen-bond donors (Lipinski definition) is 2. The Labute approximate surface area is 228 Å². The predicted octanol–water partition coefficient (Wildman–Crippen LogP) is 3.98. The van der Waals surface area contributed by atoms with Gasteiger partial charge in [0.15, 0.2) is 17.2 Å². The summed E-state index contributed by atoms with van der Waals surface area (Å²) in [5.74, 6) is 0.882. The Balaban J connectivity index is 1.42. The Morgan fingerprint density at radius 2 is 1.82 bits per heavy atom. The molecule has 2 N–H and O–H groups in total. The Morgan fingerprint density at radius 3 is 2.62 bits per heavy atom. The Kier molecular flexibility index (Phi) is 8.07. The SMILES string of the molecule is COc1ccc(/C2=C/C=C\CCCc3cc(C(=O)Nc4cccc(C(=O)N5CCNCC5)c4)nn32)cc1OC. The van der Waals surface area contributed by atoms with Gasteiger partial charge in [-0.1, -0.05) is 18.2 Å². The molecule has 9 nitrogen and oxygen atoms in total. The Hall–Kier alpha value is -4.37. The van der Waals surface area contributed by atoms with E-state index in [0.29, 0.717) is 41.5 Å². The van der Waals surface area contributed by atoms with E-state index in [0.717, 1.165) is 49.3 Å². The van der Waals surface area contributed by atoms with Crippen LogP contribution in [-0.2, 0) is 6.42 Å². The summed E-state index contributed by atoms with van der Waals surface area (Å²) in [7, 11) is 3.21. The third kappa shape index (κ3) is 5.88. The number of carbonyl (C=O) groups is 2. The van der Waals surface area contributed by atoms with Gasteiger partial charge in [0.1, 0.15) is 0 Å².